The Hall–Kier alpha value is -2.88. The summed E-state index contributed by atoms with van der Waals surface area (Å²) < 4.78 is 1.87. The van der Waals surface area contributed by atoms with E-state index in [9.17, 15) is 9.59 Å². The van der Waals surface area contributed by atoms with Gasteiger partial charge in [0.05, 0.1) is 5.69 Å². The lowest BCUT2D eigenvalue weighted by Crippen LogP contribution is -2.20. The Kier molecular flexibility index (Phi) is 7.16. The molecule has 1 aromatic heterocycles. The van der Waals surface area contributed by atoms with Crippen molar-refractivity contribution in [2.45, 2.75) is 40.2 Å². The highest BCUT2D eigenvalue weighted by molar-refractivity contribution is 5.97. The number of aromatic nitrogens is 1. The summed E-state index contributed by atoms with van der Waals surface area (Å²) in [4.78, 5) is 24.4. The molecule has 148 valence electrons. The van der Waals surface area contributed by atoms with Gasteiger partial charge in [-0.15, -0.1) is 0 Å². The lowest BCUT2D eigenvalue weighted by atomic mass is 10.0. The number of hydrogen-bond donors (Lipinski definition) is 1. The number of ketones is 2. The molecule has 0 fully saturated rings. The molecular formula is C24H30N2O2. The zero-order valence-corrected chi connectivity index (χ0v) is 17.5. The van der Waals surface area contributed by atoms with Crippen LogP contribution in [-0.4, -0.2) is 22.2 Å². The van der Waals surface area contributed by atoms with Gasteiger partial charge in [-0.1, -0.05) is 44.7 Å². The Morgan fingerprint density at radius 1 is 1.07 bits per heavy atom. The molecule has 4 nitrogen and oxygen atoms in total. The molecule has 0 amide bonds. The second-order valence-electron chi connectivity index (χ2n) is 7.74. The van der Waals surface area contributed by atoms with Gasteiger partial charge in [0.15, 0.2) is 11.6 Å². The molecule has 0 atom stereocenters. The van der Waals surface area contributed by atoms with Gasteiger partial charge >= 0.3 is 0 Å². The standard InChI is InChI=1S/C24H30N2O2/c1-16(2)24(28)23-14-21(15-26(23)6)20-10-8-19(9-11-20)13-22(27)12-7-18(5)25-17(3)4/h7-12,14-17,25H,5,13H2,1-4,6H3. The minimum atomic E-state index is -0.0327. The normalized spacial score (nSPS) is 11.4. The lowest BCUT2D eigenvalue weighted by molar-refractivity contribution is -0.114. The number of nitrogens with zero attached hydrogens (tertiary/aromatic N) is 1. The van der Waals surface area contributed by atoms with E-state index in [-0.39, 0.29) is 23.5 Å². The smallest absolute Gasteiger partial charge is 0.181 e. The maximum Gasteiger partial charge on any atom is 0.181 e. The van der Waals surface area contributed by atoms with E-state index >= 15 is 0 Å². The van der Waals surface area contributed by atoms with Crippen LogP contribution >= 0.6 is 0 Å². The Morgan fingerprint density at radius 3 is 2.29 bits per heavy atom. The van der Waals surface area contributed by atoms with Gasteiger partial charge in [-0.05, 0) is 43.2 Å². The molecule has 0 aliphatic heterocycles. The molecule has 2 aromatic rings. The van der Waals surface area contributed by atoms with Gasteiger partial charge in [0, 0.05) is 42.9 Å². The third-order valence-corrected chi connectivity index (χ3v) is 4.39. The van der Waals surface area contributed by atoms with Crippen LogP contribution in [0.3, 0.4) is 0 Å². The van der Waals surface area contributed by atoms with Crippen LogP contribution in [-0.2, 0) is 18.3 Å². The largest absolute Gasteiger partial charge is 0.383 e. The quantitative estimate of drug-likeness (QED) is 0.390. The van der Waals surface area contributed by atoms with Crippen molar-refractivity contribution in [3.05, 3.63) is 72.2 Å². The Morgan fingerprint density at radius 2 is 1.71 bits per heavy atom. The van der Waals surface area contributed by atoms with E-state index in [0.717, 1.165) is 22.4 Å². The number of aryl methyl sites for hydroxylation is 1. The van der Waals surface area contributed by atoms with Crippen molar-refractivity contribution in [3.63, 3.8) is 0 Å². The first kappa shape index (κ1) is 21.4. The summed E-state index contributed by atoms with van der Waals surface area (Å²) in [7, 11) is 1.89. The predicted molar refractivity (Wildman–Crippen MR) is 115 cm³/mol. The molecule has 0 aliphatic carbocycles. The van der Waals surface area contributed by atoms with E-state index in [2.05, 4.69) is 11.9 Å². The molecular weight excluding hydrogens is 348 g/mol. The second kappa shape index (κ2) is 9.36. The summed E-state index contributed by atoms with van der Waals surface area (Å²) in [5.74, 6) is 0.134. The fraction of sp³-hybridized carbons (Fsp3) is 0.333. The second-order valence-corrected chi connectivity index (χ2v) is 7.74. The summed E-state index contributed by atoms with van der Waals surface area (Å²) >= 11 is 0. The predicted octanol–water partition coefficient (Wildman–Crippen LogP) is 4.71. The van der Waals surface area contributed by atoms with Gasteiger partial charge in [0.2, 0.25) is 0 Å². The third-order valence-electron chi connectivity index (χ3n) is 4.39. The minimum absolute atomic E-state index is 0.0315. The summed E-state index contributed by atoms with van der Waals surface area (Å²) in [6, 6.07) is 10.1. The van der Waals surface area contributed by atoms with Crippen LogP contribution in [0.4, 0.5) is 0 Å². The molecule has 0 spiro atoms. The molecule has 2 rings (SSSR count). The maximum atomic E-state index is 12.3. The summed E-state index contributed by atoms with van der Waals surface area (Å²) in [6.45, 7) is 11.7. The lowest BCUT2D eigenvalue weighted by Gasteiger charge is -2.08. The topological polar surface area (TPSA) is 51.1 Å². The van der Waals surface area contributed by atoms with E-state index < -0.39 is 0 Å². The van der Waals surface area contributed by atoms with Gasteiger partial charge in [0.25, 0.3) is 0 Å². The fourth-order valence-corrected chi connectivity index (χ4v) is 2.95. The van der Waals surface area contributed by atoms with Crippen LogP contribution in [0.5, 0.6) is 0 Å². The van der Waals surface area contributed by atoms with Crippen molar-refractivity contribution in [2.75, 3.05) is 0 Å². The molecule has 0 saturated heterocycles. The van der Waals surface area contributed by atoms with Gasteiger partial charge in [-0.3, -0.25) is 9.59 Å². The van der Waals surface area contributed by atoms with E-state index in [4.69, 9.17) is 0 Å². The Bertz CT molecular complexity index is 884. The van der Waals surface area contributed by atoms with E-state index in [1.807, 2.05) is 75.8 Å². The number of rotatable bonds is 9. The average Bonchev–Trinajstić information content (AvgIpc) is 3.01. The van der Waals surface area contributed by atoms with Crippen LogP contribution < -0.4 is 5.32 Å². The monoisotopic (exact) mass is 378 g/mol. The van der Waals surface area contributed by atoms with Crippen molar-refractivity contribution in [2.24, 2.45) is 13.0 Å². The number of benzene rings is 1. The molecule has 0 radical (unpaired) electrons. The molecule has 1 aromatic carbocycles. The van der Waals surface area contributed by atoms with Crippen LogP contribution in [0.15, 0.2) is 61.0 Å². The van der Waals surface area contributed by atoms with Gasteiger partial charge in [-0.2, -0.15) is 0 Å². The van der Waals surface area contributed by atoms with Crippen molar-refractivity contribution in [3.8, 4) is 11.1 Å². The fourth-order valence-electron chi connectivity index (χ4n) is 2.95. The van der Waals surface area contributed by atoms with Gasteiger partial charge in [0.1, 0.15) is 0 Å². The molecule has 0 aliphatic rings. The van der Waals surface area contributed by atoms with Gasteiger partial charge < -0.3 is 9.88 Å². The van der Waals surface area contributed by atoms with Crippen LogP contribution in [0, 0.1) is 5.92 Å². The molecule has 0 saturated carbocycles. The average molecular weight is 379 g/mol. The van der Waals surface area contributed by atoms with Crippen molar-refractivity contribution >= 4 is 11.6 Å². The van der Waals surface area contributed by atoms with Crippen LogP contribution in [0.25, 0.3) is 11.1 Å². The SMILES string of the molecule is C=C(C=CC(=O)Cc1ccc(-c2cc(C(=O)C(C)C)n(C)c2)cc1)NC(C)C. The summed E-state index contributed by atoms with van der Waals surface area (Å²) in [5, 5.41) is 3.15. The number of allylic oxidation sites excluding steroid dienone is 2. The van der Waals surface area contributed by atoms with Crippen molar-refractivity contribution in [1.29, 1.82) is 0 Å². The van der Waals surface area contributed by atoms with E-state index in [1.165, 1.54) is 0 Å². The first-order chi connectivity index (χ1) is 13.2. The number of carbonyl (C=O) groups excluding carboxylic acids is 2. The van der Waals surface area contributed by atoms with E-state index in [0.29, 0.717) is 12.1 Å². The summed E-state index contributed by atoms with van der Waals surface area (Å²) in [5.41, 5.74) is 4.43. The first-order valence-corrected chi connectivity index (χ1v) is 9.63. The molecule has 1 N–H and O–H groups in total. The molecule has 28 heavy (non-hydrogen) atoms. The number of hydrogen-bond acceptors (Lipinski definition) is 3. The summed E-state index contributed by atoms with van der Waals surface area (Å²) in [6.07, 6.45) is 5.59. The van der Waals surface area contributed by atoms with E-state index in [1.54, 1.807) is 12.2 Å². The highest BCUT2D eigenvalue weighted by Gasteiger charge is 2.15. The highest BCUT2D eigenvalue weighted by Crippen LogP contribution is 2.24. The van der Waals surface area contributed by atoms with Crippen LogP contribution in [0.2, 0.25) is 0 Å². The maximum absolute atomic E-state index is 12.3. The highest BCUT2D eigenvalue weighted by atomic mass is 16.1. The third kappa shape index (κ3) is 5.81. The number of nitrogens with one attached hydrogen (secondary N) is 1. The molecule has 0 unspecified atom stereocenters. The van der Waals surface area contributed by atoms with Crippen molar-refractivity contribution in [1.82, 2.24) is 9.88 Å². The van der Waals surface area contributed by atoms with Gasteiger partial charge in [-0.25, -0.2) is 0 Å². The molecule has 0 bridgehead atoms. The zero-order chi connectivity index (χ0) is 20.8. The minimum Gasteiger partial charge on any atom is -0.383 e. The Labute approximate surface area is 168 Å². The van der Waals surface area contributed by atoms with Crippen LogP contribution in [0.1, 0.15) is 43.7 Å². The Balaban J connectivity index is 2.05. The molecule has 4 heteroatoms. The number of carbonyl (C=O) groups is 2. The zero-order valence-electron chi connectivity index (χ0n) is 17.5. The molecule has 1 heterocycles. The number of Topliss-reactive ketones (excluding diaryl/α,β-unsaturated/α-hetero) is 1. The first-order valence-electron chi connectivity index (χ1n) is 9.63. The van der Waals surface area contributed by atoms with Crippen molar-refractivity contribution < 1.29 is 9.59 Å².